The maximum Gasteiger partial charge on any atom is 0.0576 e. The molecule has 1 aromatic heterocycles. The molecule has 1 aliphatic heterocycles. The van der Waals surface area contributed by atoms with Crippen molar-refractivity contribution >= 4 is 5.69 Å². The van der Waals surface area contributed by atoms with E-state index < -0.39 is 0 Å². The first-order valence-corrected chi connectivity index (χ1v) is 6.48. The molecule has 1 saturated heterocycles. The van der Waals surface area contributed by atoms with Gasteiger partial charge in [0.15, 0.2) is 0 Å². The van der Waals surface area contributed by atoms with E-state index in [1.165, 1.54) is 5.69 Å². The number of piperidine rings is 1. The van der Waals surface area contributed by atoms with Crippen LogP contribution in [-0.2, 0) is 0 Å². The molecular weight excluding hydrogens is 212 g/mol. The molecular formula is C14H22N2O. The molecule has 0 unspecified atom stereocenters. The van der Waals surface area contributed by atoms with Gasteiger partial charge in [-0.1, -0.05) is 13.8 Å². The van der Waals surface area contributed by atoms with E-state index in [0.717, 1.165) is 25.1 Å². The van der Waals surface area contributed by atoms with Gasteiger partial charge in [0, 0.05) is 18.3 Å². The highest BCUT2D eigenvalue weighted by atomic mass is 16.3. The standard InChI is InChI=1S/C14H22N2O/c1-10(2)14-5-4-12(9-15-14)16-7-6-13(17)8-11(16)3/h4-5,9-11,13,17H,6-8H2,1-3H3/t11-,13+/m1/s1. The van der Waals surface area contributed by atoms with Gasteiger partial charge in [0.1, 0.15) is 0 Å². The first-order valence-electron chi connectivity index (χ1n) is 6.48. The highest BCUT2D eigenvalue weighted by molar-refractivity contribution is 5.46. The molecule has 0 radical (unpaired) electrons. The molecule has 2 rings (SSSR count). The lowest BCUT2D eigenvalue weighted by Gasteiger charge is -2.37. The molecule has 1 N–H and O–H groups in total. The summed E-state index contributed by atoms with van der Waals surface area (Å²) < 4.78 is 0. The monoisotopic (exact) mass is 234 g/mol. The van der Waals surface area contributed by atoms with Crippen molar-refractivity contribution in [2.24, 2.45) is 0 Å². The number of nitrogens with zero attached hydrogens (tertiary/aromatic N) is 2. The average Bonchev–Trinajstić information content (AvgIpc) is 2.29. The van der Waals surface area contributed by atoms with Crippen molar-refractivity contribution in [3.05, 3.63) is 24.0 Å². The van der Waals surface area contributed by atoms with Gasteiger partial charge in [-0.25, -0.2) is 0 Å². The number of hydrogen-bond acceptors (Lipinski definition) is 3. The Morgan fingerprint density at radius 3 is 2.71 bits per heavy atom. The summed E-state index contributed by atoms with van der Waals surface area (Å²) >= 11 is 0. The molecule has 17 heavy (non-hydrogen) atoms. The highest BCUT2D eigenvalue weighted by Crippen LogP contribution is 2.25. The van der Waals surface area contributed by atoms with E-state index in [-0.39, 0.29) is 6.10 Å². The molecule has 0 saturated carbocycles. The lowest BCUT2D eigenvalue weighted by Crippen LogP contribution is -2.42. The summed E-state index contributed by atoms with van der Waals surface area (Å²) in [6, 6.07) is 4.65. The van der Waals surface area contributed by atoms with Crippen LogP contribution >= 0.6 is 0 Å². The zero-order valence-electron chi connectivity index (χ0n) is 10.9. The summed E-state index contributed by atoms with van der Waals surface area (Å²) in [6.45, 7) is 7.40. The van der Waals surface area contributed by atoms with Crippen LogP contribution in [0.4, 0.5) is 5.69 Å². The van der Waals surface area contributed by atoms with Crippen LogP contribution in [-0.4, -0.2) is 28.8 Å². The van der Waals surface area contributed by atoms with Crippen LogP contribution in [0.2, 0.25) is 0 Å². The van der Waals surface area contributed by atoms with Crippen LogP contribution < -0.4 is 4.90 Å². The second kappa shape index (κ2) is 5.05. The van der Waals surface area contributed by atoms with Crippen molar-refractivity contribution in [1.29, 1.82) is 0 Å². The third kappa shape index (κ3) is 2.78. The Morgan fingerprint density at radius 2 is 2.18 bits per heavy atom. The number of anilines is 1. The maximum atomic E-state index is 9.62. The lowest BCUT2D eigenvalue weighted by atomic mass is 10.00. The van der Waals surface area contributed by atoms with Crippen LogP contribution in [0.25, 0.3) is 0 Å². The first-order chi connectivity index (χ1) is 8.08. The van der Waals surface area contributed by atoms with Gasteiger partial charge in [0.2, 0.25) is 0 Å². The molecule has 2 atom stereocenters. The summed E-state index contributed by atoms with van der Waals surface area (Å²) in [5, 5.41) is 9.62. The summed E-state index contributed by atoms with van der Waals surface area (Å²) in [4.78, 5) is 6.84. The molecule has 1 aliphatic rings. The van der Waals surface area contributed by atoms with E-state index >= 15 is 0 Å². The Kier molecular flexibility index (Phi) is 3.67. The number of aliphatic hydroxyl groups excluding tert-OH is 1. The number of aliphatic hydroxyl groups is 1. The minimum Gasteiger partial charge on any atom is -0.393 e. The van der Waals surface area contributed by atoms with Crippen LogP contribution in [0.5, 0.6) is 0 Å². The molecule has 0 bridgehead atoms. The lowest BCUT2D eigenvalue weighted by molar-refractivity contribution is 0.131. The smallest absolute Gasteiger partial charge is 0.0576 e. The Bertz CT molecular complexity index is 361. The molecule has 1 aromatic rings. The van der Waals surface area contributed by atoms with Gasteiger partial charge in [-0.2, -0.15) is 0 Å². The van der Waals surface area contributed by atoms with Crippen molar-refractivity contribution in [3.8, 4) is 0 Å². The van der Waals surface area contributed by atoms with E-state index in [2.05, 4.69) is 42.8 Å². The summed E-state index contributed by atoms with van der Waals surface area (Å²) in [5.41, 5.74) is 2.31. The minimum atomic E-state index is -0.135. The van der Waals surface area contributed by atoms with Gasteiger partial charge < -0.3 is 10.0 Å². The van der Waals surface area contributed by atoms with E-state index in [1.807, 2.05) is 6.20 Å². The normalized spacial score (nSPS) is 25.4. The van der Waals surface area contributed by atoms with Crippen LogP contribution in [0.1, 0.15) is 45.2 Å². The maximum absolute atomic E-state index is 9.62. The van der Waals surface area contributed by atoms with E-state index in [1.54, 1.807) is 0 Å². The fourth-order valence-electron chi connectivity index (χ4n) is 2.44. The van der Waals surface area contributed by atoms with Crippen molar-refractivity contribution in [1.82, 2.24) is 4.98 Å². The Hall–Kier alpha value is -1.09. The van der Waals surface area contributed by atoms with Gasteiger partial charge in [0.05, 0.1) is 18.0 Å². The fourth-order valence-corrected chi connectivity index (χ4v) is 2.44. The summed E-state index contributed by atoms with van der Waals surface area (Å²) in [7, 11) is 0. The molecule has 0 aliphatic carbocycles. The number of rotatable bonds is 2. The summed E-state index contributed by atoms with van der Waals surface area (Å²) in [5.74, 6) is 0.477. The van der Waals surface area contributed by atoms with Gasteiger partial charge in [-0.3, -0.25) is 4.98 Å². The number of hydrogen-bond donors (Lipinski definition) is 1. The third-order valence-corrected chi connectivity index (χ3v) is 3.54. The Balaban J connectivity index is 2.11. The fraction of sp³-hybridized carbons (Fsp3) is 0.643. The van der Waals surface area contributed by atoms with Crippen LogP contribution in [0, 0.1) is 0 Å². The predicted octanol–water partition coefficient (Wildman–Crippen LogP) is 2.55. The number of aromatic nitrogens is 1. The second-order valence-electron chi connectivity index (χ2n) is 5.32. The van der Waals surface area contributed by atoms with Gasteiger partial charge in [-0.05, 0) is 37.8 Å². The van der Waals surface area contributed by atoms with Crippen molar-refractivity contribution in [3.63, 3.8) is 0 Å². The zero-order chi connectivity index (χ0) is 12.4. The Morgan fingerprint density at radius 1 is 1.41 bits per heavy atom. The molecule has 94 valence electrons. The van der Waals surface area contributed by atoms with Crippen molar-refractivity contribution in [2.75, 3.05) is 11.4 Å². The highest BCUT2D eigenvalue weighted by Gasteiger charge is 2.24. The minimum absolute atomic E-state index is 0.135. The van der Waals surface area contributed by atoms with E-state index in [4.69, 9.17) is 0 Å². The SMILES string of the molecule is CC(C)c1ccc(N2CC[C@H](O)C[C@H]2C)cn1. The van der Waals surface area contributed by atoms with Crippen molar-refractivity contribution < 1.29 is 5.11 Å². The van der Waals surface area contributed by atoms with E-state index in [0.29, 0.717) is 12.0 Å². The third-order valence-electron chi connectivity index (χ3n) is 3.54. The molecule has 0 spiro atoms. The summed E-state index contributed by atoms with van der Waals surface area (Å²) in [6.07, 6.45) is 3.54. The zero-order valence-corrected chi connectivity index (χ0v) is 10.9. The van der Waals surface area contributed by atoms with Crippen LogP contribution in [0.3, 0.4) is 0 Å². The molecule has 0 aromatic carbocycles. The van der Waals surface area contributed by atoms with Gasteiger partial charge in [0.25, 0.3) is 0 Å². The molecule has 3 nitrogen and oxygen atoms in total. The largest absolute Gasteiger partial charge is 0.393 e. The molecule has 0 amide bonds. The van der Waals surface area contributed by atoms with Crippen LogP contribution in [0.15, 0.2) is 18.3 Å². The predicted molar refractivity (Wildman–Crippen MR) is 70.4 cm³/mol. The Labute approximate surface area is 103 Å². The molecule has 1 fully saturated rings. The average molecular weight is 234 g/mol. The first kappa shape index (κ1) is 12.4. The molecule has 3 heteroatoms. The van der Waals surface area contributed by atoms with Crippen molar-refractivity contribution in [2.45, 2.75) is 51.7 Å². The second-order valence-corrected chi connectivity index (χ2v) is 5.32. The molecule has 2 heterocycles. The van der Waals surface area contributed by atoms with Gasteiger partial charge >= 0.3 is 0 Å². The quantitative estimate of drug-likeness (QED) is 0.854. The topological polar surface area (TPSA) is 36.4 Å². The van der Waals surface area contributed by atoms with Gasteiger partial charge in [-0.15, -0.1) is 0 Å². The van der Waals surface area contributed by atoms with E-state index in [9.17, 15) is 5.11 Å². The number of pyridine rings is 1.